The first kappa shape index (κ1) is 50.8. The number of benzene rings is 6. The number of methoxy groups -OCH3 is 1. The highest BCUT2D eigenvalue weighted by Gasteiger charge is 2.43. The number of carbonyl (C=O) groups excluding carboxylic acids is 3. The third-order valence-electron chi connectivity index (χ3n) is 12.3. The summed E-state index contributed by atoms with van der Waals surface area (Å²) in [6, 6.07) is 38.6. The number of ether oxygens (including phenoxy) is 5. The van der Waals surface area contributed by atoms with Crippen LogP contribution in [0.4, 0.5) is 0 Å². The maximum atomic E-state index is 12.5. The van der Waals surface area contributed by atoms with Gasteiger partial charge in [-0.25, -0.2) is 0 Å². The third kappa shape index (κ3) is 12.1. The van der Waals surface area contributed by atoms with Crippen molar-refractivity contribution < 1.29 is 48.0 Å². The molecule has 2 unspecified atom stereocenters. The van der Waals surface area contributed by atoms with Crippen LogP contribution in [0.2, 0.25) is 10.0 Å². The standard InChI is InChI=1S/C28H25ClN2O5.C27H23ClN2O5/c1-28(27(33)34-2)12-14-35-25-16-24(20(17-30)15-23(25)28)36-22-9-5-19(6-10-22)26(32)31-13-11-18-3-7-21(29)8-4-18;1-27(26(32)33)11-13-34-24-15-23(19(16-29)14-22(24)27)35-21-8-4-18(5-9-21)25(31)30-12-10-17-2-6-20(28)7-3-17/h3-10,15-16H,11-14H2,1-2H3,(H,31,32);2-9,14-15H,10-13H2,1H3,(H,30,31)(H,32,33). The predicted molar refractivity (Wildman–Crippen MR) is 265 cm³/mol. The molecule has 0 spiro atoms. The van der Waals surface area contributed by atoms with E-state index in [1.807, 2.05) is 48.5 Å². The molecule has 3 N–H and O–H groups in total. The van der Waals surface area contributed by atoms with E-state index in [9.17, 15) is 34.8 Å². The van der Waals surface area contributed by atoms with Crippen molar-refractivity contribution in [2.24, 2.45) is 0 Å². The van der Waals surface area contributed by atoms with Crippen LogP contribution in [-0.2, 0) is 38.0 Å². The first-order chi connectivity index (χ1) is 34.1. The molecule has 2 aliphatic heterocycles. The number of hydrogen-bond donors (Lipinski definition) is 3. The van der Waals surface area contributed by atoms with Crippen molar-refractivity contribution >= 4 is 47.0 Å². The number of amides is 2. The van der Waals surface area contributed by atoms with Crippen LogP contribution in [0.25, 0.3) is 0 Å². The Kier molecular flexibility index (Phi) is 16.2. The number of esters is 1. The molecule has 8 rings (SSSR count). The highest BCUT2D eigenvalue weighted by Crippen LogP contribution is 2.45. The molecule has 0 bridgehead atoms. The summed E-state index contributed by atoms with van der Waals surface area (Å²) in [5.41, 5.74) is 2.57. The second-order valence-electron chi connectivity index (χ2n) is 17.1. The molecule has 0 aliphatic carbocycles. The Morgan fingerprint density at radius 3 is 1.39 bits per heavy atom. The molecule has 16 heteroatoms. The Morgan fingerprint density at radius 2 is 1.01 bits per heavy atom. The van der Waals surface area contributed by atoms with Gasteiger partial charge in [-0.2, -0.15) is 10.5 Å². The van der Waals surface area contributed by atoms with Gasteiger partial charge in [-0.15, -0.1) is 0 Å². The lowest BCUT2D eigenvalue weighted by atomic mass is 9.77. The molecule has 14 nitrogen and oxygen atoms in total. The van der Waals surface area contributed by atoms with Gasteiger partial charge in [0.05, 0.1) is 42.3 Å². The van der Waals surface area contributed by atoms with Crippen LogP contribution in [0.15, 0.2) is 121 Å². The Balaban J connectivity index is 0.000000209. The van der Waals surface area contributed by atoms with E-state index in [0.29, 0.717) is 106 Å². The Hall–Kier alpha value is -8.04. The molecule has 6 aromatic carbocycles. The van der Waals surface area contributed by atoms with Crippen molar-refractivity contribution in [1.29, 1.82) is 10.5 Å². The third-order valence-corrected chi connectivity index (χ3v) is 12.8. The second-order valence-corrected chi connectivity index (χ2v) is 18.0. The predicted octanol–water partition coefficient (Wildman–Crippen LogP) is 10.3. The average Bonchev–Trinajstić information content (AvgIpc) is 3.37. The van der Waals surface area contributed by atoms with Crippen LogP contribution < -0.4 is 29.6 Å². The number of aliphatic carboxylic acids is 1. The van der Waals surface area contributed by atoms with Gasteiger partial charge in [0.1, 0.15) is 46.6 Å². The second kappa shape index (κ2) is 22.6. The summed E-state index contributed by atoms with van der Waals surface area (Å²) >= 11 is 11.8. The lowest BCUT2D eigenvalue weighted by Crippen LogP contribution is -2.38. The first-order valence-electron chi connectivity index (χ1n) is 22.5. The maximum absolute atomic E-state index is 12.5. The van der Waals surface area contributed by atoms with Gasteiger partial charge in [0, 0.05) is 70.4 Å². The highest BCUT2D eigenvalue weighted by molar-refractivity contribution is 6.30. The smallest absolute Gasteiger partial charge is 0.316 e. The zero-order valence-electron chi connectivity index (χ0n) is 39.0. The topological polar surface area (TPSA) is 206 Å². The molecule has 0 radical (unpaired) electrons. The number of nitriles is 2. The van der Waals surface area contributed by atoms with Crippen LogP contribution in [0, 0.1) is 22.7 Å². The van der Waals surface area contributed by atoms with Crippen LogP contribution in [-0.4, -0.2) is 62.3 Å². The largest absolute Gasteiger partial charge is 0.493 e. The van der Waals surface area contributed by atoms with Gasteiger partial charge in [0.15, 0.2) is 0 Å². The summed E-state index contributed by atoms with van der Waals surface area (Å²) in [5, 5.41) is 36.2. The summed E-state index contributed by atoms with van der Waals surface area (Å²) in [6.07, 6.45) is 2.13. The van der Waals surface area contributed by atoms with Crippen LogP contribution in [0.5, 0.6) is 34.5 Å². The summed E-state index contributed by atoms with van der Waals surface area (Å²) in [5.74, 6) is 0.522. The molecule has 2 heterocycles. The van der Waals surface area contributed by atoms with E-state index in [1.165, 1.54) is 13.2 Å². The van der Waals surface area contributed by atoms with Crippen molar-refractivity contribution in [2.75, 3.05) is 33.4 Å². The Morgan fingerprint density at radius 1 is 0.620 bits per heavy atom. The van der Waals surface area contributed by atoms with Crippen LogP contribution in [0.3, 0.4) is 0 Å². The normalized spacial score (nSPS) is 16.3. The van der Waals surface area contributed by atoms with Crippen molar-refractivity contribution in [3.05, 3.63) is 176 Å². The SMILES string of the molecule is CC1(C(=O)O)CCOc2cc(Oc3ccc(C(=O)NCCc4ccc(Cl)cc4)cc3)c(C#N)cc21.COC(=O)C1(C)CCOc2cc(Oc3ccc(C(=O)NCCc4ccc(Cl)cc4)cc3)c(C#N)cc21. The summed E-state index contributed by atoms with van der Waals surface area (Å²) in [7, 11) is 1.34. The van der Waals surface area contributed by atoms with Gasteiger partial charge >= 0.3 is 11.9 Å². The maximum Gasteiger partial charge on any atom is 0.316 e. The minimum atomic E-state index is -1.14. The van der Waals surface area contributed by atoms with E-state index in [0.717, 1.165) is 11.1 Å². The number of hydrogen-bond acceptors (Lipinski definition) is 11. The number of halogens is 2. The van der Waals surface area contributed by atoms with E-state index < -0.39 is 16.8 Å². The van der Waals surface area contributed by atoms with Gasteiger partial charge in [-0.3, -0.25) is 19.2 Å². The van der Waals surface area contributed by atoms with Crippen molar-refractivity contribution in [2.45, 2.75) is 50.4 Å². The molecule has 6 aromatic rings. The first-order valence-corrected chi connectivity index (χ1v) is 23.3. The summed E-state index contributed by atoms with van der Waals surface area (Å²) in [4.78, 5) is 49.2. The Labute approximate surface area is 420 Å². The highest BCUT2D eigenvalue weighted by atomic mass is 35.5. The lowest BCUT2D eigenvalue weighted by Gasteiger charge is -2.33. The number of fused-ring (bicyclic) bond motifs is 2. The van der Waals surface area contributed by atoms with E-state index in [2.05, 4.69) is 22.8 Å². The molecule has 2 amide bonds. The number of nitrogens with zero attached hydrogens (tertiary/aromatic N) is 2. The van der Waals surface area contributed by atoms with E-state index in [-0.39, 0.29) is 41.3 Å². The molecule has 0 saturated heterocycles. The summed E-state index contributed by atoms with van der Waals surface area (Å²) < 4.78 is 28.2. The fourth-order valence-electron chi connectivity index (χ4n) is 7.98. The minimum Gasteiger partial charge on any atom is -0.493 e. The number of carboxylic acid groups (broad SMARTS) is 1. The van der Waals surface area contributed by atoms with Crippen molar-refractivity contribution in [3.63, 3.8) is 0 Å². The average molecular weight is 996 g/mol. The molecule has 2 atom stereocenters. The lowest BCUT2D eigenvalue weighted by molar-refractivity contribution is -0.148. The van der Waals surface area contributed by atoms with Crippen LogP contribution >= 0.6 is 23.2 Å². The summed E-state index contributed by atoms with van der Waals surface area (Å²) in [6.45, 7) is 4.96. The Bertz CT molecular complexity index is 3030. The van der Waals surface area contributed by atoms with E-state index in [1.54, 1.807) is 80.6 Å². The molecule has 71 heavy (non-hydrogen) atoms. The van der Waals surface area contributed by atoms with Gasteiger partial charge in [-0.05, 0) is 123 Å². The number of carbonyl (C=O) groups is 4. The monoisotopic (exact) mass is 994 g/mol. The molecule has 0 aromatic heterocycles. The fraction of sp³-hybridized carbons (Fsp3) is 0.236. The number of nitrogens with one attached hydrogen (secondary N) is 2. The molecule has 362 valence electrons. The van der Waals surface area contributed by atoms with E-state index in [4.69, 9.17) is 46.9 Å². The molecule has 0 fully saturated rings. The zero-order valence-corrected chi connectivity index (χ0v) is 40.5. The zero-order chi connectivity index (χ0) is 50.7. The molecule has 0 saturated carbocycles. The van der Waals surface area contributed by atoms with E-state index >= 15 is 0 Å². The molecular formula is C55H48Cl2N4O10. The quantitative estimate of drug-likeness (QED) is 0.0872. The van der Waals surface area contributed by atoms with Gasteiger partial charge in [0.25, 0.3) is 11.8 Å². The minimum absolute atomic E-state index is 0.197. The van der Waals surface area contributed by atoms with Gasteiger partial charge in [-0.1, -0.05) is 47.5 Å². The fourth-order valence-corrected chi connectivity index (χ4v) is 8.23. The molecular weight excluding hydrogens is 948 g/mol. The van der Waals surface area contributed by atoms with Gasteiger partial charge < -0.3 is 39.4 Å². The number of rotatable bonds is 14. The molecule has 2 aliphatic rings. The van der Waals surface area contributed by atoms with Crippen molar-refractivity contribution in [1.82, 2.24) is 10.6 Å². The number of carboxylic acids is 1. The van der Waals surface area contributed by atoms with Crippen molar-refractivity contribution in [3.8, 4) is 46.6 Å². The van der Waals surface area contributed by atoms with Crippen LogP contribution in [0.1, 0.15) is 80.8 Å². The van der Waals surface area contributed by atoms with Gasteiger partial charge in [0.2, 0.25) is 0 Å².